The maximum absolute atomic E-state index is 10.4. The van der Waals surface area contributed by atoms with E-state index in [1.165, 1.54) is 5.56 Å². The Hall–Kier alpha value is -1.55. The number of carbonyl (C=O) groups is 1. The van der Waals surface area contributed by atoms with Crippen molar-refractivity contribution >= 4 is 11.8 Å². The maximum atomic E-state index is 10.4. The van der Waals surface area contributed by atoms with Gasteiger partial charge < -0.3 is 10.4 Å². The number of benzene rings is 1. The van der Waals surface area contributed by atoms with Crippen LogP contribution in [0.15, 0.2) is 24.3 Å². The van der Waals surface area contributed by atoms with Crippen LogP contribution in [-0.2, 0) is 0 Å². The van der Waals surface area contributed by atoms with Crippen LogP contribution in [0.4, 0.5) is 10.5 Å². The molecule has 0 spiro atoms. The predicted molar refractivity (Wildman–Crippen MR) is 58.3 cm³/mol. The lowest BCUT2D eigenvalue weighted by Crippen LogP contribution is -2.09. The summed E-state index contributed by atoms with van der Waals surface area (Å²) in [5, 5.41) is 14.2. The minimum absolute atomic E-state index is 0.573. The van der Waals surface area contributed by atoms with Crippen LogP contribution in [0.1, 0.15) is 17.9 Å². The molecule has 1 aliphatic rings. The topological polar surface area (TPSA) is 61.4 Å². The van der Waals surface area contributed by atoms with E-state index in [0.29, 0.717) is 11.6 Å². The number of amides is 1. The summed E-state index contributed by atoms with van der Waals surface area (Å²) < 4.78 is 0. The molecular formula is C11H14N2O2. The lowest BCUT2D eigenvalue weighted by molar-refractivity contribution is 0.210. The van der Waals surface area contributed by atoms with Gasteiger partial charge in [0.1, 0.15) is 0 Å². The molecule has 4 heteroatoms. The van der Waals surface area contributed by atoms with Gasteiger partial charge in [0.15, 0.2) is 0 Å². The Balaban J connectivity index is 2.06. The van der Waals surface area contributed by atoms with Crippen LogP contribution >= 0.6 is 0 Å². The summed E-state index contributed by atoms with van der Waals surface area (Å²) in [6.07, 6.45) is 0.136. The Kier molecular flexibility index (Phi) is 2.87. The van der Waals surface area contributed by atoms with Gasteiger partial charge in [-0.2, -0.15) is 0 Å². The van der Waals surface area contributed by atoms with Crippen LogP contribution in [-0.4, -0.2) is 24.3 Å². The SMILES string of the molecule is O=C(O)Nc1ccc([C@H]2CCNC2)cc1. The fourth-order valence-electron chi connectivity index (χ4n) is 1.90. The van der Waals surface area contributed by atoms with Crippen molar-refractivity contribution in [3.63, 3.8) is 0 Å². The van der Waals surface area contributed by atoms with E-state index in [2.05, 4.69) is 10.6 Å². The highest BCUT2D eigenvalue weighted by Crippen LogP contribution is 2.23. The van der Waals surface area contributed by atoms with Crippen molar-refractivity contribution < 1.29 is 9.90 Å². The Morgan fingerprint density at radius 1 is 1.40 bits per heavy atom. The second kappa shape index (κ2) is 4.31. The number of hydrogen-bond donors (Lipinski definition) is 3. The summed E-state index contributed by atoms with van der Waals surface area (Å²) in [6, 6.07) is 7.59. The molecule has 0 aromatic heterocycles. The van der Waals surface area contributed by atoms with Crippen molar-refractivity contribution in [2.45, 2.75) is 12.3 Å². The fourth-order valence-corrected chi connectivity index (χ4v) is 1.90. The number of rotatable bonds is 2. The van der Waals surface area contributed by atoms with E-state index in [9.17, 15) is 4.79 Å². The number of carboxylic acid groups (broad SMARTS) is 1. The molecule has 2 rings (SSSR count). The Labute approximate surface area is 88.3 Å². The first-order valence-electron chi connectivity index (χ1n) is 5.06. The molecule has 1 aliphatic heterocycles. The minimum Gasteiger partial charge on any atom is -0.465 e. The fraction of sp³-hybridized carbons (Fsp3) is 0.364. The second-order valence-corrected chi connectivity index (χ2v) is 3.74. The van der Waals surface area contributed by atoms with Crippen LogP contribution in [0.2, 0.25) is 0 Å². The molecule has 15 heavy (non-hydrogen) atoms. The van der Waals surface area contributed by atoms with Crippen molar-refractivity contribution in [3.05, 3.63) is 29.8 Å². The van der Waals surface area contributed by atoms with Gasteiger partial charge in [0.25, 0.3) is 0 Å². The largest absolute Gasteiger partial charge is 0.465 e. The van der Waals surface area contributed by atoms with Gasteiger partial charge in [-0.3, -0.25) is 5.32 Å². The molecule has 0 aliphatic carbocycles. The second-order valence-electron chi connectivity index (χ2n) is 3.74. The summed E-state index contributed by atoms with van der Waals surface area (Å²) in [6.45, 7) is 2.09. The monoisotopic (exact) mass is 206 g/mol. The summed E-state index contributed by atoms with van der Waals surface area (Å²) >= 11 is 0. The molecule has 0 saturated carbocycles. The minimum atomic E-state index is -1.02. The molecular weight excluding hydrogens is 192 g/mol. The molecule has 0 unspecified atom stereocenters. The third kappa shape index (κ3) is 2.47. The number of hydrogen-bond acceptors (Lipinski definition) is 2. The smallest absolute Gasteiger partial charge is 0.409 e. The van der Waals surface area contributed by atoms with Crippen molar-refractivity contribution in [1.29, 1.82) is 0 Å². The van der Waals surface area contributed by atoms with Gasteiger partial charge >= 0.3 is 6.09 Å². The first kappa shape index (κ1) is 9.98. The van der Waals surface area contributed by atoms with E-state index >= 15 is 0 Å². The van der Waals surface area contributed by atoms with Crippen LogP contribution < -0.4 is 10.6 Å². The van der Waals surface area contributed by atoms with Gasteiger partial charge in [-0.25, -0.2) is 4.79 Å². The van der Waals surface area contributed by atoms with Gasteiger partial charge in [-0.15, -0.1) is 0 Å². The van der Waals surface area contributed by atoms with Crippen LogP contribution in [0.5, 0.6) is 0 Å². The highest BCUT2D eigenvalue weighted by Gasteiger charge is 2.15. The molecule has 4 nitrogen and oxygen atoms in total. The van der Waals surface area contributed by atoms with Crippen LogP contribution in [0.3, 0.4) is 0 Å². The summed E-state index contributed by atoms with van der Waals surface area (Å²) in [5.74, 6) is 0.573. The van der Waals surface area contributed by atoms with Crippen molar-refractivity contribution in [2.24, 2.45) is 0 Å². The lowest BCUT2D eigenvalue weighted by atomic mass is 9.98. The highest BCUT2D eigenvalue weighted by molar-refractivity contribution is 5.82. The Morgan fingerprint density at radius 3 is 2.67 bits per heavy atom. The first-order valence-corrected chi connectivity index (χ1v) is 5.06. The van der Waals surface area contributed by atoms with Gasteiger partial charge in [0, 0.05) is 12.2 Å². The highest BCUT2D eigenvalue weighted by atomic mass is 16.4. The summed E-state index contributed by atoms with van der Waals surface area (Å²) in [5.41, 5.74) is 1.90. The summed E-state index contributed by atoms with van der Waals surface area (Å²) in [7, 11) is 0. The van der Waals surface area contributed by atoms with E-state index in [0.717, 1.165) is 19.5 Å². The normalized spacial score (nSPS) is 20.1. The maximum Gasteiger partial charge on any atom is 0.409 e. The molecule has 1 fully saturated rings. The molecule has 0 bridgehead atoms. The molecule has 1 atom stereocenters. The van der Waals surface area contributed by atoms with Crippen LogP contribution in [0, 0.1) is 0 Å². The predicted octanol–water partition coefficient (Wildman–Crippen LogP) is 1.85. The average molecular weight is 206 g/mol. The third-order valence-electron chi connectivity index (χ3n) is 2.69. The van der Waals surface area contributed by atoms with Crippen molar-refractivity contribution in [1.82, 2.24) is 5.32 Å². The molecule has 80 valence electrons. The zero-order valence-electron chi connectivity index (χ0n) is 8.36. The zero-order valence-corrected chi connectivity index (χ0v) is 8.36. The lowest BCUT2D eigenvalue weighted by Gasteiger charge is -2.09. The van der Waals surface area contributed by atoms with Gasteiger partial charge in [-0.05, 0) is 36.6 Å². The Morgan fingerprint density at radius 2 is 2.13 bits per heavy atom. The molecule has 1 saturated heterocycles. The van der Waals surface area contributed by atoms with Crippen molar-refractivity contribution in [3.8, 4) is 0 Å². The van der Waals surface area contributed by atoms with E-state index in [-0.39, 0.29) is 0 Å². The van der Waals surface area contributed by atoms with Gasteiger partial charge in [0.2, 0.25) is 0 Å². The zero-order chi connectivity index (χ0) is 10.7. The Bertz CT molecular complexity index is 342. The van der Waals surface area contributed by atoms with Gasteiger partial charge in [-0.1, -0.05) is 12.1 Å². The number of nitrogens with one attached hydrogen (secondary N) is 2. The van der Waals surface area contributed by atoms with E-state index in [4.69, 9.17) is 5.11 Å². The van der Waals surface area contributed by atoms with E-state index < -0.39 is 6.09 Å². The number of anilines is 1. The quantitative estimate of drug-likeness (QED) is 0.692. The van der Waals surface area contributed by atoms with Crippen molar-refractivity contribution in [2.75, 3.05) is 18.4 Å². The summed E-state index contributed by atoms with van der Waals surface area (Å²) in [4.78, 5) is 10.4. The van der Waals surface area contributed by atoms with E-state index in [1.807, 2.05) is 24.3 Å². The van der Waals surface area contributed by atoms with E-state index in [1.54, 1.807) is 0 Å². The van der Waals surface area contributed by atoms with Crippen LogP contribution in [0.25, 0.3) is 0 Å². The molecule has 1 heterocycles. The molecule has 1 aromatic rings. The third-order valence-corrected chi connectivity index (χ3v) is 2.69. The molecule has 1 aromatic carbocycles. The average Bonchev–Trinajstić information content (AvgIpc) is 2.71. The first-order chi connectivity index (χ1) is 7.25. The molecule has 1 amide bonds. The standard InChI is InChI=1S/C11H14N2O2/c14-11(15)13-10-3-1-8(2-4-10)9-5-6-12-7-9/h1-4,9,12-13H,5-7H2,(H,14,15)/t9-/m0/s1. The van der Waals surface area contributed by atoms with Gasteiger partial charge in [0.05, 0.1) is 0 Å². The molecule has 0 radical (unpaired) electrons. The molecule has 3 N–H and O–H groups in total.